The maximum Gasteiger partial charge on any atom is 0.255 e. The largest absolute Gasteiger partial charge is 0.333 e. The Morgan fingerprint density at radius 2 is 1.67 bits per heavy atom. The summed E-state index contributed by atoms with van der Waals surface area (Å²) in [7, 11) is 0. The second kappa shape index (κ2) is 6.51. The molecule has 2 fully saturated rings. The lowest BCUT2D eigenvalue weighted by atomic mass is 9.83. The van der Waals surface area contributed by atoms with Gasteiger partial charge in [0.05, 0.1) is 5.56 Å². The summed E-state index contributed by atoms with van der Waals surface area (Å²) in [5.41, 5.74) is 0.821. The second-order valence-electron chi connectivity index (χ2n) is 6.51. The monoisotopic (exact) mass is 349 g/mol. The first-order valence-electron chi connectivity index (χ1n) is 8.28. The fourth-order valence-corrected chi connectivity index (χ4v) is 4.04. The fourth-order valence-electron chi connectivity index (χ4n) is 3.59. The van der Waals surface area contributed by atoms with Crippen molar-refractivity contribution in [1.29, 1.82) is 0 Å². The SMILES string of the molecule is CCC1CCC(N(C(=O)c2ccccc2Br)C2CC2)CC1. The van der Waals surface area contributed by atoms with Gasteiger partial charge < -0.3 is 4.90 Å². The van der Waals surface area contributed by atoms with Crippen LogP contribution in [0.15, 0.2) is 28.7 Å². The molecule has 2 aliphatic carbocycles. The van der Waals surface area contributed by atoms with Gasteiger partial charge in [-0.3, -0.25) is 4.79 Å². The van der Waals surface area contributed by atoms with Gasteiger partial charge in [-0.15, -0.1) is 0 Å². The Bertz CT molecular complexity index is 504. The molecule has 1 amide bonds. The lowest BCUT2D eigenvalue weighted by Crippen LogP contribution is -2.44. The van der Waals surface area contributed by atoms with Gasteiger partial charge in [0, 0.05) is 16.6 Å². The molecule has 2 nitrogen and oxygen atoms in total. The number of carbonyl (C=O) groups excluding carboxylic acids is 1. The molecule has 0 aromatic heterocycles. The number of carbonyl (C=O) groups is 1. The van der Waals surface area contributed by atoms with E-state index in [1.54, 1.807) is 0 Å². The second-order valence-corrected chi connectivity index (χ2v) is 7.36. The van der Waals surface area contributed by atoms with Crippen molar-refractivity contribution in [2.45, 2.75) is 64.0 Å². The molecule has 0 unspecified atom stereocenters. The molecule has 1 aromatic carbocycles. The first-order chi connectivity index (χ1) is 10.2. The van der Waals surface area contributed by atoms with Crippen LogP contribution in [0.25, 0.3) is 0 Å². The fraction of sp³-hybridized carbons (Fsp3) is 0.611. The summed E-state index contributed by atoms with van der Waals surface area (Å²) in [6.45, 7) is 2.29. The Morgan fingerprint density at radius 1 is 1.10 bits per heavy atom. The van der Waals surface area contributed by atoms with E-state index in [0.717, 1.165) is 16.0 Å². The summed E-state index contributed by atoms with van der Waals surface area (Å²) in [5, 5.41) is 0. The number of nitrogens with zero attached hydrogens (tertiary/aromatic N) is 1. The first kappa shape index (κ1) is 15.1. The molecular formula is C18H24BrNO. The summed E-state index contributed by atoms with van der Waals surface area (Å²) in [5.74, 6) is 1.10. The van der Waals surface area contributed by atoms with Gasteiger partial charge >= 0.3 is 0 Å². The lowest BCUT2D eigenvalue weighted by molar-refractivity contribution is 0.0586. The number of hydrogen-bond donors (Lipinski definition) is 0. The van der Waals surface area contributed by atoms with Crippen LogP contribution in [0.1, 0.15) is 62.2 Å². The summed E-state index contributed by atoms with van der Waals surface area (Å²) >= 11 is 3.53. The van der Waals surface area contributed by atoms with Crippen LogP contribution in [-0.4, -0.2) is 22.9 Å². The third kappa shape index (κ3) is 3.33. The van der Waals surface area contributed by atoms with E-state index < -0.39 is 0 Å². The maximum atomic E-state index is 13.0. The third-order valence-corrected chi connectivity index (χ3v) is 5.76. The van der Waals surface area contributed by atoms with Crippen LogP contribution in [0, 0.1) is 5.92 Å². The summed E-state index contributed by atoms with van der Waals surface area (Å²) in [4.78, 5) is 15.2. The van der Waals surface area contributed by atoms with E-state index in [-0.39, 0.29) is 5.91 Å². The zero-order valence-corrected chi connectivity index (χ0v) is 14.3. The van der Waals surface area contributed by atoms with Crippen molar-refractivity contribution in [1.82, 2.24) is 4.90 Å². The average molecular weight is 350 g/mol. The molecule has 0 N–H and O–H groups in total. The predicted octanol–water partition coefficient (Wildman–Crippen LogP) is 5.02. The van der Waals surface area contributed by atoms with E-state index in [4.69, 9.17) is 0 Å². The Labute approximate surface area is 136 Å². The van der Waals surface area contributed by atoms with Crippen molar-refractivity contribution < 1.29 is 4.79 Å². The molecule has 3 rings (SSSR count). The molecule has 1 aromatic rings. The van der Waals surface area contributed by atoms with Crippen LogP contribution in [0.4, 0.5) is 0 Å². The smallest absolute Gasteiger partial charge is 0.255 e. The normalized spacial score (nSPS) is 25.6. The van der Waals surface area contributed by atoms with Gasteiger partial charge in [0.1, 0.15) is 0 Å². The average Bonchev–Trinajstić information content (AvgIpc) is 3.33. The molecule has 0 heterocycles. The minimum Gasteiger partial charge on any atom is -0.333 e. The Morgan fingerprint density at radius 3 is 2.19 bits per heavy atom. The van der Waals surface area contributed by atoms with Crippen molar-refractivity contribution in [2.24, 2.45) is 5.92 Å². The minimum absolute atomic E-state index is 0.227. The standard InChI is InChI=1S/C18H24BrNO/c1-2-13-7-9-14(10-8-13)20(15-11-12-15)18(21)16-5-3-4-6-17(16)19/h3-6,13-15H,2,7-12H2,1H3. The van der Waals surface area contributed by atoms with Crippen LogP contribution in [0.5, 0.6) is 0 Å². The van der Waals surface area contributed by atoms with Crippen molar-refractivity contribution in [3.63, 3.8) is 0 Å². The highest BCUT2D eigenvalue weighted by Gasteiger charge is 2.39. The van der Waals surface area contributed by atoms with Gasteiger partial charge in [-0.2, -0.15) is 0 Å². The number of hydrogen-bond acceptors (Lipinski definition) is 1. The number of halogens is 1. The van der Waals surface area contributed by atoms with Crippen LogP contribution >= 0.6 is 15.9 Å². The van der Waals surface area contributed by atoms with E-state index in [1.807, 2.05) is 24.3 Å². The maximum absolute atomic E-state index is 13.0. The van der Waals surface area contributed by atoms with Crippen LogP contribution in [0.3, 0.4) is 0 Å². The highest BCUT2D eigenvalue weighted by atomic mass is 79.9. The number of rotatable bonds is 4. The quantitative estimate of drug-likeness (QED) is 0.746. The molecule has 0 radical (unpaired) electrons. The molecule has 0 bridgehead atoms. The highest BCUT2D eigenvalue weighted by molar-refractivity contribution is 9.10. The Kier molecular flexibility index (Phi) is 4.68. The van der Waals surface area contributed by atoms with E-state index in [1.165, 1.54) is 44.9 Å². The van der Waals surface area contributed by atoms with E-state index >= 15 is 0 Å². The molecule has 0 spiro atoms. The van der Waals surface area contributed by atoms with Gasteiger partial charge in [-0.05, 0) is 72.5 Å². The molecule has 21 heavy (non-hydrogen) atoms. The van der Waals surface area contributed by atoms with E-state index in [0.29, 0.717) is 12.1 Å². The molecular weight excluding hydrogens is 326 g/mol. The molecule has 2 aliphatic rings. The van der Waals surface area contributed by atoms with Crippen LogP contribution in [-0.2, 0) is 0 Å². The minimum atomic E-state index is 0.227. The molecule has 0 aliphatic heterocycles. The van der Waals surface area contributed by atoms with Gasteiger partial charge in [0.15, 0.2) is 0 Å². The van der Waals surface area contributed by atoms with Crippen molar-refractivity contribution in [3.05, 3.63) is 34.3 Å². The van der Waals surface area contributed by atoms with E-state index in [9.17, 15) is 4.79 Å². The van der Waals surface area contributed by atoms with Gasteiger partial charge in [-0.25, -0.2) is 0 Å². The molecule has 2 saturated carbocycles. The Balaban J connectivity index is 1.76. The number of amides is 1. The zero-order valence-electron chi connectivity index (χ0n) is 12.7. The lowest BCUT2D eigenvalue weighted by Gasteiger charge is -2.37. The summed E-state index contributed by atoms with van der Waals surface area (Å²) in [6.07, 6.45) is 8.60. The van der Waals surface area contributed by atoms with Crippen LogP contribution < -0.4 is 0 Å². The van der Waals surface area contributed by atoms with E-state index in [2.05, 4.69) is 27.8 Å². The Hall–Kier alpha value is -0.830. The topological polar surface area (TPSA) is 20.3 Å². The summed E-state index contributed by atoms with van der Waals surface area (Å²) in [6, 6.07) is 8.78. The highest BCUT2D eigenvalue weighted by Crippen LogP contribution is 2.37. The molecule has 114 valence electrons. The predicted molar refractivity (Wildman–Crippen MR) is 89.4 cm³/mol. The summed E-state index contributed by atoms with van der Waals surface area (Å²) < 4.78 is 0.919. The number of benzene rings is 1. The molecule has 3 heteroatoms. The van der Waals surface area contributed by atoms with Crippen molar-refractivity contribution in [3.8, 4) is 0 Å². The molecule has 0 saturated heterocycles. The first-order valence-corrected chi connectivity index (χ1v) is 9.07. The van der Waals surface area contributed by atoms with Gasteiger partial charge in [0.25, 0.3) is 5.91 Å². The van der Waals surface area contributed by atoms with Crippen molar-refractivity contribution in [2.75, 3.05) is 0 Å². The van der Waals surface area contributed by atoms with Crippen LogP contribution in [0.2, 0.25) is 0 Å². The third-order valence-electron chi connectivity index (χ3n) is 5.07. The molecule has 0 atom stereocenters. The van der Waals surface area contributed by atoms with Gasteiger partial charge in [-0.1, -0.05) is 25.5 Å². The zero-order chi connectivity index (χ0) is 14.8. The van der Waals surface area contributed by atoms with Crippen molar-refractivity contribution >= 4 is 21.8 Å². The van der Waals surface area contributed by atoms with Gasteiger partial charge in [0.2, 0.25) is 0 Å².